The summed E-state index contributed by atoms with van der Waals surface area (Å²) in [5.41, 5.74) is 0. The lowest BCUT2D eigenvalue weighted by atomic mass is 10.3. The Hall–Kier alpha value is -1.43. The van der Waals surface area contributed by atoms with Gasteiger partial charge in [0.05, 0.1) is 0 Å². The Kier molecular flexibility index (Phi) is 5.95. The van der Waals surface area contributed by atoms with Crippen LogP contribution in [0.5, 0.6) is 0 Å². The summed E-state index contributed by atoms with van der Waals surface area (Å²) >= 11 is 0. The molecular formula is C13H22F2N4. The molecule has 0 amide bonds. The van der Waals surface area contributed by atoms with Crippen LogP contribution in [0.1, 0.15) is 13.3 Å². The molecule has 1 rings (SSSR count). The number of hydrogen-bond donors (Lipinski definition) is 1. The van der Waals surface area contributed by atoms with Gasteiger partial charge in [-0.1, -0.05) is 6.92 Å². The zero-order chi connectivity index (χ0) is 14.4. The lowest BCUT2D eigenvalue weighted by molar-refractivity contribution is 0.415. The maximum absolute atomic E-state index is 13.7. The average Bonchev–Trinajstić information content (AvgIpc) is 2.35. The summed E-state index contributed by atoms with van der Waals surface area (Å²) in [5, 5.41) is 2.86. The molecule has 1 aromatic heterocycles. The first-order valence-electron chi connectivity index (χ1n) is 6.41. The molecule has 1 N–H and O–H groups in total. The Morgan fingerprint density at radius 3 is 2.42 bits per heavy atom. The fourth-order valence-electron chi connectivity index (χ4n) is 1.55. The summed E-state index contributed by atoms with van der Waals surface area (Å²) in [4.78, 5) is 7.71. The molecule has 0 saturated carbocycles. The van der Waals surface area contributed by atoms with Crippen LogP contribution in [0.25, 0.3) is 0 Å². The second kappa shape index (κ2) is 7.23. The molecule has 6 heteroatoms. The van der Waals surface area contributed by atoms with Crippen LogP contribution in [0, 0.1) is 11.6 Å². The van der Waals surface area contributed by atoms with E-state index >= 15 is 0 Å². The van der Waals surface area contributed by atoms with Gasteiger partial charge in [0.1, 0.15) is 0 Å². The number of likely N-dealkylation sites (N-methyl/N-ethyl adjacent to an activating group) is 2. The smallest absolute Gasteiger partial charge is 0.168 e. The van der Waals surface area contributed by atoms with Crippen molar-refractivity contribution in [3.8, 4) is 0 Å². The van der Waals surface area contributed by atoms with Crippen LogP contribution in [0.2, 0.25) is 0 Å². The third kappa shape index (κ3) is 4.63. The molecule has 0 saturated heterocycles. The highest BCUT2D eigenvalue weighted by atomic mass is 19.1. The van der Waals surface area contributed by atoms with Gasteiger partial charge in [-0.15, -0.1) is 0 Å². The number of nitrogens with zero attached hydrogens (tertiary/aromatic N) is 3. The highest BCUT2D eigenvalue weighted by Gasteiger charge is 2.14. The fraction of sp³-hybridized carbons (Fsp3) is 0.615. The molecule has 0 aliphatic heterocycles. The molecule has 0 bridgehead atoms. The van der Waals surface area contributed by atoms with Crippen LogP contribution in [0.15, 0.2) is 6.07 Å². The first kappa shape index (κ1) is 15.6. The van der Waals surface area contributed by atoms with Gasteiger partial charge in [-0.2, -0.15) is 0 Å². The van der Waals surface area contributed by atoms with Gasteiger partial charge in [-0.25, -0.2) is 13.8 Å². The molecule has 0 atom stereocenters. The van der Waals surface area contributed by atoms with Crippen LogP contribution >= 0.6 is 0 Å². The zero-order valence-corrected chi connectivity index (χ0v) is 12.0. The van der Waals surface area contributed by atoms with Crippen LogP contribution in [-0.4, -0.2) is 50.7 Å². The van der Waals surface area contributed by atoms with Gasteiger partial charge in [0.2, 0.25) is 0 Å². The van der Waals surface area contributed by atoms with E-state index in [0.717, 1.165) is 19.0 Å². The van der Waals surface area contributed by atoms with Gasteiger partial charge < -0.3 is 15.1 Å². The highest BCUT2D eigenvalue weighted by molar-refractivity contribution is 5.48. The summed E-state index contributed by atoms with van der Waals surface area (Å²) in [6, 6.07) is 0.881. The Bertz CT molecular complexity index is 410. The average molecular weight is 272 g/mol. The summed E-state index contributed by atoms with van der Waals surface area (Å²) in [7, 11) is 5.63. The number of aromatic nitrogens is 1. The number of pyridine rings is 1. The molecule has 0 radical (unpaired) electrons. The molecule has 108 valence electrons. The molecule has 4 nitrogen and oxygen atoms in total. The fourth-order valence-corrected chi connectivity index (χ4v) is 1.55. The third-order valence-electron chi connectivity index (χ3n) is 2.70. The number of halogens is 2. The number of hydrogen-bond acceptors (Lipinski definition) is 4. The minimum Gasteiger partial charge on any atom is -0.368 e. The molecule has 0 unspecified atom stereocenters. The maximum Gasteiger partial charge on any atom is 0.168 e. The minimum atomic E-state index is -0.657. The van der Waals surface area contributed by atoms with E-state index in [-0.39, 0.29) is 11.6 Å². The van der Waals surface area contributed by atoms with Crippen LogP contribution in [-0.2, 0) is 0 Å². The SMILES string of the molecule is CCCNc1nc(N(C)CCN(C)C)c(F)cc1F. The topological polar surface area (TPSA) is 31.4 Å². The third-order valence-corrected chi connectivity index (χ3v) is 2.70. The van der Waals surface area contributed by atoms with Crippen LogP contribution in [0.3, 0.4) is 0 Å². The summed E-state index contributed by atoms with van der Waals surface area (Å²) in [5.74, 6) is -1.02. The molecule has 0 fully saturated rings. The van der Waals surface area contributed by atoms with Crippen molar-refractivity contribution < 1.29 is 8.78 Å². The summed E-state index contributed by atoms with van der Waals surface area (Å²) in [6.07, 6.45) is 0.851. The van der Waals surface area contributed by atoms with E-state index in [1.54, 1.807) is 11.9 Å². The first-order chi connectivity index (χ1) is 8.95. The lowest BCUT2D eigenvalue weighted by Gasteiger charge is -2.21. The normalized spacial score (nSPS) is 10.9. The van der Waals surface area contributed by atoms with E-state index in [9.17, 15) is 8.78 Å². The number of anilines is 2. The molecule has 0 aromatic carbocycles. The van der Waals surface area contributed by atoms with Gasteiger partial charge in [-0.05, 0) is 20.5 Å². The largest absolute Gasteiger partial charge is 0.368 e. The Morgan fingerprint density at radius 1 is 1.16 bits per heavy atom. The van der Waals surface area contributed by atoms with E-state index in [4.69, 9.17) is 0 Å². The van der Waals surface area contributed by atoms with Gasteiger partial charge in [0.25, 0.3) is 0 Å². The standard InChI is InChI=1S/C13H22F2N4/c1-5-6-16-12-10(14)9-11(15)13(17-12)19(4)8-7-18(2)3/h9H,5-8H2,1-4H3,(H,16,17). The lowest BCUT2D eigenvalue weighted by Crippen LogP contribution is -2.30. The van der Waals surface area contributed by atoms with Gasteiger partial charge in [0, 0.05) is 32.7 Å². The van der Waals surface area contributed by atoms with E-state index in [1.807, 2.05) is 25.9 Å². The monoisotopic (exact) mass is 272 g/mol. The molecule has 0 spiro atoms. The van der Waals surface area contributed by atoms with E-state index in [1.165, 1.54) is 0 Å². The van der Waals surface area contributed by atoms with Crippen molar-refractivity contribution >= 4 is 11.6 Å². The molecule has 1 heterocycles. The number of nitrogens with one attached hydrogen (secondary N) is 1. The molecular weight excluding hydrogens is 250 g/mol. The van der Waals surface area contributed by atoms with E-state index in [0.29, 0.717) is 13.1 Å². The van der Waals surface area contributed by atoms with Crippen molar-refractivity contribution in [1.29, 1.82) is 0 Å². The van der Waals surface area contributed by atoms with Gasteiger partial charge in [-0.3, -0.25) is 0 Å². The predicted molar refractivity (Wildman–Crippen MR) is 74.8 cm³/mol. The van der Waals surface area contributed by atoms with Crippen LogP contribution in [0.4, 0.5) is 20.4 Å². The Labute approximate surface area is 113 Å². The second-order valence-corrected chi connectivity index (χ2v) is 4.78. The first-order valence-corrected chi connectivity index (χ1v) is 6.41. The van der Waals surface area contributed by atoms with Crippen molar-refractivity contribution in [3.05, 3.63) is 17.7 Å². The van der Waals surface area contributed by atoms with Crippen molar-refractivity contribution in [2.75, 3.05) is 51.0 Å². The zero-order valence-electron chi connectivity index (χ0n) is 12.0. The van der Waals surface area contributed by atoms with Gasteiger partial charge in [0.15, 0.2) is 23.3 Å². The minimum absolute atomic E-state index is 0.106. The Balaban J connectivity index is 2.86. The van der Waals surface area contributed by atoms with E-state index < -0.39 is 11.6 Å². The van der Waals surface area contributed by atoms with Crippen molar-refractivity contribution in [2.24, 2.45) is 0 Å². The van der Waals surface area contributed by atoms with Crippen LogP contribution < -0.4 is 10.2 Å². The molecule has 19 heavy (non-hydrogen) atoms. The Morgan fingerprint density at radius 2 is 1.84 bits per heavy atom. The highest BCUT2D eigenvalue weighted by Crippen LogP contribution is 2.21. The predicted octanol–water partition coefficient (Wildman–Crippen LogP) is 2.18. The molecule has 0 aliphatic carbocycles. The number of rotatable bonds is 7. The summed E-state index contributed by atoms with van der Waals surface area (Å²) in [6.45, 7) is 3.97. The van der Waals surface area contributed by atoms with Crippen molar-refractivity contribution in [1.82, 2.24) is 9.88 Å². The quantitative estimate of drug-likeness (QED) is 0.824. The van der Waals surface area contributed by atoms with Crippen molar-refractivity contribution in [2.45, 2.75) is 13.3 Å². The summed E-state index contributed by atoms with van der Waals surface area (Å²) < 4.78 is 27.3. The van der Waals surface area contributed by atoms with Gasteiger partial charge >= 0.3 is 0 Å². The van der Waals surface area contributed by atoms with Crippen molar-refractivity contribution in [3.63, 3.8) is 0 Å². The van der Waals surface area contributed by atoms with E-state index in [2.05, 4.69) is 10.3 Å². The maximum atomic E-state index is 13.7. The molecule has 0 aliphatic rings. The second-order valence-electron chi connectivity index (χ2n) is 4.78. The molecule has 1 aromatic rings.